The molecule has 1 aromatic rings. The Bertz CT molecular complexity index is 399. The summed E-state index contributed by atoms with van der Waals surface area (Å²) in [4.78, 5) is 3.77. The van der Waals surface area contributed by atoms with Crippen LogP contribution in [0.1, 0.15) is 12.2 Å². The Hall–Kier alpha value is -0.950. The SMILES string of the molecule is NC1(c2ncon2)CCS(=O)(=O)C1. The molecule has 1 aliphatic rings. The maximum atomic E-state index is 11.2. The van der Waals surface area contributed by atoms with E-state index in [4.69, 9.17) is 5.73 Å². The Kier molecular flexibility index (Phi) is 1.67. The van der Waals surface area contributed by atoms with Gasteiger partial charge in [0, 0.05) is 0 Å². The fourth-order valence-electron chi connectivity index (χ4n) is 1.44. The molecule has 2 heterocycles. The van der Waals surface area contributed by atoms with Crippen molar-refractivity contribution in [1.29, 1.82) is 0 Å². The summed E-state index contributed by atoms with van der Waals surface area (Å²) in [5.41, 5.74) is 4.88. The van der Waals surface area contributed by atoms with Crippen LogP contribution >= 0.6 is 0 Å². The number of nitrogens with two attached hydrogens (primary N) is 1. The monoisotopic (exact) mass is 203 g/mol. The van der Waals surface area contributed by atoms with Gasteiger partial charge in [0.25, 0.3) is 0 Å². The van der Waals surface area contributed by atoms with Gasteiger partial charge in [0.2, 0.25) is 6.39 Å². The highest BCUT2D eigenvalue weighted by Gasteiger charge is 2.43. The molecule has 0 spiro atoms. The molecule has 1 unspecified atom stereocenters. The third-order valence-electron chi connectivity index (χ3n) is 2.14. The van der Waals surface area contributed by atoms with Gasteiger partial charge in [-0.25, -0.2) is 8.42 Å². The smallest absolute Gasteiger partial charge is 0.213 e. The summed E-state index contributed by atoms with van der Waals surface area (Å²) in [6.07, 6.45) is 1.50. The Morgan fingerprint density at radius 3 is 2.85 bits per heavy atom. The van der Waals surface area contributed by atoms with Gasteiger partial charge in [-0.15, -0.1) is 0 Å². The fraction of sp³-hybridized carbons (Fsp3) is 0.667. The predicted molar refractivity (Wildman–Crippen MR) is 43.4 cm³/mol. The molecule has 6 nitrogen and oxygen atoms in total. The van der Waals surface area contributed by atoms with Crippen LogP contribution < -0.4 is 5.73 Å². The van der Waals surface area contributed by atoms with Crippen LogP contribution in [0.3, 0.4) is 0 Å². The van der Waals surface area contributed by atoms with E-state index in [1.807, 2.05) is 0 Å². The highest BCUT2D eigenvalue weighted by molar-refractivity contribution is 7.91. The molecule has 2 rings (SSSR count). The topological polar surface area (TPSA) is 99.1 Å². The van der Waals surface area contributed by atoms with Crippen LogP contribution in [-0.4, -0.2) is 30.1 Å². The number of sulfone groups is 1. The van der Waals surface area contributed by atoms with E-state index in [1.54, 1.807) is 0 Å². The molecule has 1 aromatic heterocycles. The van der Waals surface area contributed by atoms with Crippen molar-refractivity contribution in [3.8, 4) is 0 Å². The Morgan fingerprint density at radius 1 is 1.62 bits per heavy atom. The maximum Gasteiger partial charge on any atom is 0.213 e. The summed E-state index contributed by atoms with van der Waals surface area (Å²) < 4.78 is 26.9. The lowest BCUT2D eigenvalue weighted by Gasteiger charge is -2.15. The summed E-state index contributed by atoms with van der Waals surface area (Å²) in [6, 6.07) is 0. The van der Waals surface area contributed by atoms with Crippen molar-refractivity contribution < 1.29 is 12.9 Å². The molecule has 0 bridgehead atoms. The van der Waals surface area contributed by atoms with Crippen molar-refractivity contribution in [2.24, 2.45) is 5.73 Å². The van der Waals surface area contributed by atoms with E-state index in [0.717, 1.165) is 6.39 Å². The normalized spacial score (nSPS) is 32.1. The minimum atomic E-state index is -3.03. The molecule has 0 amide bonds. The highest BCUT2D eigenvalue weighted by atomic mass is 32.2. The summed E-state index contributed by atoms with van der Waals surface area (Å²) in [5, 5.41) is 3.56. The average molecular weight is 203 g/mol. The van der Waals surface area contributed by atoms with Gasteiger partial charge in [-0.2, -0.15) is 4.98 Å². The molecule has 0 radical (unpaired) electrons. The molecule has 0 aliphatic carbocycles. The second-order valence-corrected chi connectivity index (χ2v) is 5.44. The first-order chi connectivity index (χ1) is 6.02. The zero-order chi connectivity index (χ0) is 9.53. The highest BCUT2D eigenvalue weighted by Crippen LogP contribution is 2.28. The average Bonchev–Trinajstić information content (AvgIpc) is 2.58. The largest absolute Gasteiger partial charge is 0.343 e. The minimum Gasteiger partial charge on any atom is -0.343 e. The van der Waals surface area contributed by atoms with E-state index < -0.39 is 15.4 Å². The van der Waals surface area contributed by atoms with Crippen molar-refractivity contribution in [2.45, 2.75) is 12.0 Å². The molecule has 2 N–H and O–H groups in total. The number of aromatic nitrogens is 2. The molecule has 1 atom stereocenters. The van der Waals surface area contributed by atoms with Crippen LogP contribution in [0.4, 0.5) is 0 Å². The summed E-state index contributed by atoms with van der Waals surface area (Å²) in [7, 11) is -3.03. The van der Waals surface area contributed by atoms with E-state index in [2.05, 4.69) is 14.7 Å². The molecule has 7 heteroatoms. The quantitative estimate of drug-likeness (QED) is 0.631. The van der Waals surface area contributed by atoms with E-state index in [-0.39, 0.29) is 17.3 Å². The minimum absolute atomic E-state index is 0.0953. The third-order valence-corrected chi connectivity index (χ3v) is 3.92. The third kappa shape index (κ3) is 1.44. The number of nitrogens with zero attached hydrogens (tertiary/aromatic N) is 2. The Balaban J connectivity index is 2.35. The molecule has 0 saturated carbocycles. The van der Waals surface area contributed by atoms with Crippen LogP contribution in [0.2, 0.25) is 0 Å². The van der Waals surface area contributed by atoms with E-state index in [1.165, 1.54) is 0 Å². The van der Waals surface area contributed by atoms with E-state index >= 15 is 0 Å². The summed E-state index contributed by atoms with van der Waals surface area (Å²) >= 11 is 0. The fourth-order valence-corrected chi connectivity index (χ4v) is 3.32. The van der Waals surface area contributed by atoms with Crippen LogP contribution in [0.25, 0.3) is 0 Å². The van der Waals surface area contributed by atoms with Gasteiger partial charge in [-0.3, -0.25) is 0 Å². The van der Waals surface area contributed by atoms with Crippen molar-refractivity contribution in [3.05, 3.63) is 12.2 Å². The first-order valence-electron chi connectivity index (χ1n) is 3.78. The van der Waals surface area contributed by atoms with Gasteiger partial charge >= 0.3 is 0 Å². The first kappa shape index (κ1) is 8.64. The number of rotatable bonds is 1. The Morgan fingerprint density at radius 2 is 2.38 bits per heavy atom. The van der Waals surface area contributed by atoms with Crippen molar-refractivity contribution in [3.63, 3.8) is 0 Å². The molecule has 0 aromatic carbocycles. The lowest BCUT2D eigenvalue weighted by molar-refractivity contribution is 0.380. The van der Waals surface area contributed by atoms with Crippen molar-refractivity contribution >= 4 is 9.84 Å². The van der Waals surface area contributed by atoms with Gasteiger partial charge in [0.1, 0.15) is 0 Å². The zero-order valence-electron chi connectivity index (χ0n) is 6.80. The van der Waals surface area contributed by atoms with Crippen molar-refractivity contribution in [1.82, 2.24) is 10.1 Å². The maximum absolute atomic E-state index is 11.2. The predicted octanol–water partition coefficient (Wildman–Crippen LogP) is -0.958. The molecule has 13 heavy (non-hydrogen) atoms. The van der Waals surface area contributed by atoms with Crippen LogP contribution in [-0.2, 0) is 15.4 Å². The summed E-state index contributed by atoms with van der Waals surface area (Å²) in [5.74, 6) is 0.269. The van der Waals surface area contributed by atoms with Gasteiger partial charge in [-0.05, 0) is 6.42 Å². The van der Waals surface area contributed by atoms with Gasteiger partial charge < -0.3 is 10.3 Å². The lowest BCUT2D eigenvalue weighted by atomic mass is 10.0. The standard InChI is InChI=1S/C6H9N3O3S/c7-6(5-8-4-12-9-5)1-2-13(10,11)3-6/h4H,1-3,7H2. The lowest BCUT2D eigenvalue weighted by Crippen LogP contribution is -2.38. The summed E-state index contributed by atoms with van der Waals surface area (Å²) in [6.45, 7) is 0. The molecule has 1 fully saturated rings. The van der Waals surface area contributed by atoms with Gasteiger partial charge in [0.05, 0.1) is 17.0 Å². The van der Waals surface area contributed by atoms with Gasteiger partial charge in [0.15, 0.2) is 15.7 Å². The molecule has 72 valence electrons. The van der Waals surface area contributed by atoms with E-state index in [9.17, 15) is 8.42 Å². The first-order valence-corrected chi connectivity index (χ1v) is 5.60. The van der Waals surface area contributed by atoms with Crippen molar-refractivity contribution in [2.75, 3.05) is 11.5 Å². The Labute approximate surface area is 75.0 Å². The second-order valence-electron chi connectivity index (χ2n) is 3.25. The van der Waals surface area contributed by atoms with E-state index in [0.29, 0.717) is 6.42 Å². The molecular weight excluding hydrogens is 194 g/mol. The second kappa shape index (κ2) is 2.52. The number of hydrogen-bond donors (Lipinski definition) is 1. The van der Waals surface area contributed by atoms with Crippen LogP contribution in [0, 0.1) is 0 Å². The molecule has 1 aliphatic heterocycles. The molecule has 1 saturated heterocycles. The van der Waals surface area contributed by atoms with Crippen LogP contribution in [0.15, 0.2) is 10.9 Å². The zero-order valence-corrected chi connectivity index (χ0v) is 7.62. The van der Waals surface area contributed by atoms with Crippen LogP contribution in [0.5, 0.6) is 0 Å². The number of hydrogen-bond acceptors (Lipinski definition) is 6. The van der Waals surface area contributed by atoms with Gasteiger partial charge in [-0.1, -0.05) is 5.16 Å². The molecular formula is C6H9N3O3S.